The van der Waals surface area contributed by atoms with Crippen molar-refractivity contribution in [1.82, 2.24) is 0 Å². The molecule has 1 aliphatic rings. The summed E-state index contributed by atoms with van der Waals surface area (Å²) in [5.74, 6) is -0.151. The Morgan fingerprint density at radius 2 is 2.00 bits per heavy atom. The first-order valence-corrected chi connectivity index (χ1v) is 6.22. The Morgan fingerprint density at radius 1 is 1.29 bits per heavy atom. The second kappa shape index (κ2) is 5.32. The zero-order chi connectivity index (χ0) is 12.3. The molecule has 3 heteroatoms. The van der Waals surface area contributed by atoms with E-state index in [2.05, 4.69) is 0 Å². The molecule has 2 unspecified atom stereocenters. The molecule has 1 saturated carbocycles. The number of carbonyl (C=O) groups is 1. The van der Waals surface area contributed by atoms with Crippen LogP contribution >= 0.6 is 0 Å². The standard InChI is InChI=1S/C14H19NO2/c15-14(17)9-10-5-1-2-6-11(10)12-7-3-4-8-13(12)16/h1-2,5-6,12-13,16H,3-4,7-9H2,(H2,15,17). The topological polar surface area (TPSA) is 63.3 Å². The number of nitrogens with two attached hydrogens (primary N) is 1. The van der Waals surface area contributed by atoms with E-state index in [1.165, 1.54) is 0 Å². The second-order valence-electron chi connectivity index (χ2n) is 4.80. The zero-order valence-electron chi connectivity index (χ0n) is 9.93. The van der Waals surface area contributed by atoms with Gasteiger partial charge in [-0.3, -0.25) is 4.79 Å². The summed E-state index contributed by atoms with van der Waals surface area (Å²) in [4.78, 5) is 11.0. The van der Waals surface area contributed by atoms with Gasteiger partial charge in [0, 0.05) is 5.92 Å². The summed E-state index contributed by atoms with van der Waals surface area (Å²) >= 11 is 0. The van der Waals surface area contributed by atoms with E-state index in [0.717, 1.165) is 36.8 Å². The lowest BCUT2D eigenvalue weighted by molar-refractivity contribution is -0.117. The summed E-state index contributed by atoms with van der Waals surface area (Å²) in [5, 5.41) is 10.1. The summed E-state index contributed by atoms with van der Waals surface area (Å²) in [6, 6.07) is 7.82. The number of hydrogen-bond donors (Lipinski definition) is 2. The van der Waals surface area contributed by atoms with Gasteiger partial charge in [0.15, 0.2) is 0 Å². The maximum atomic E-state index is 11.0. The SMILES string of the molecule is NC(=O)Cc1ccccc1C1CCCCC1O. The summed E-state index contributed by atoms with van der Waals surface area (Å²) in [5.41, 5.74) is 7.32. The van der Waals surface area contributed by atoms with Crippen molar-refractivity contribution in [3.05, 3.63) is 35.4 Å². The Labute approximate surface area is 102 Å². The van der Waals surface area contributed by atoms with Crippen LogP contribution in [0.5, 0.6) is 0 Å². The highest BCUT2D eigenvalue weighted by atomic mass is 16.3. The Kier molecular flexibility index (Phi) is 3.79. The highest BCUT2D eigenvalue weighted by Crippen LogP contribution is 2.34. The predicted octanol–water partition coefficient (Wildman–Crippen LogP) is 1.73. The van der Waals surface area contributed by atoms with Crippen LogP contribution in [0.15, 0.2) is 24.3 Å². The molecule has 3 N–H and O–H groups in total. The molecule has 1 aliphatic carbocycles. The lowest BCUT2D eigenvalue weighted by Crippen LogP contribution is -2.24. The smallest absolute Gasteiger partial charge is 0.221 e. The van der Waals surface area contributed by atoms with E-state index in [4.69, 9.17) is 5.73 Å². The van der Waals surface area contributed by atoms with E-state index in [9.17, 15) is 9.90 Å². The summed E-state index contributed by atoms with van der Waals surface area (Å²) in [6.45, 7) is 0. The highest BCUT2D eigenvalue weighted by molar-refractivity contribution is 5.77. The number of hydrogen-bond acceptors (Lipinski definition) is 2. The van der Waals surface area contributed by atoms with Crippen molar-refractivity contribution in [1.29, 1.82) is 0 Å². The van der Waals surface area contributed by atoms with Gasteiger partial charge in [0.2, 0.25) is 5.91 Å². The Bertz CT molecular complexity index is 403. The first-order chi connectivity index (χ1) is 8.18. The predicted molar refractivity (Wildman–Crippen MR) is 66.6 cm³/mol. The van der Waals surface area contributed by atoms with E-state index in [-0.39, 0.29) is 24.3 Å². The summed E-state index contributed by atoms with van der Waals surface area (Å²) in [7, 11) is 0. The van der Waals surface area contributed by atoms with Gasteiger partial charge in [-0.15, -0.1) is 0 Å². The molecule has 0 aromatic heterocycles. The molecule has 0 bridgehead atoms. The Balaban J connectivity index is 2.26. The average Bonchev–Trinajstić information content (AvgIpc) is 2.30. The fourth-order valence-corrected chi connectivity index (χ4v) is 2.72. The summed E-state index contributed by atoms with van der Waals surface area (Å²) in [6.07, 6.45) is 4.08. The summed E-state index contributed by atoms with van der Waals surface area (Å²) < 4.78 is 0. The number of amides is 1. The first kappa shape index (κ1) is 12.1. The molecule has 0 radical (unpaired) electrons. The molecule has 1 fully saturated rings. The van der Waals surface area contributed by atoms with Crippen molar-refractivity contribution in [2.24, 2.45) is 5.73 Å². The van der Waals surface area contributed by atoms with Gasteiger partial charge in [-0.2, -0.15) is 0 Å². The third kappa shape index (κ3) is 2.86. The van der Waals surface area contributed by atoms with Crippen LogP contribution in [0.3, 0.4) is 0 Å². The lowest BCUT2D eigenvalue weighted by atomic mass is 9.79. The minimum atomic E-state index is -0.317. The number of rotatable bonds is 3. The molecule has 1 aromatic rings. The number of benzene rings is 1. The molecule has 0 aliphatic heterocycles. The minimum absolute atomic E-state index is 0.166. The number of carbonyl (C=O) groups excluding carboxylic acids is 1. The van der Waals surface area contributed by atoms with Crippen LogP contribution in [0, 0.1) is 0 Å². The van der Waals surface area contributed by atoms with Gasteiger partial charge in [-0.25, -0.2) is 0 Å². The normalized spacial score (nSPS) is 24.5. The van der Waals surface area contributed by atoms with Crippen LogP contribution in [-0.2, 0) is 11.2 Å². The van der Waals surface area contributed by atoms with Gasteiger partial charge in [0.25, 0.3) is 0 Å². The Morgan fingerprint density at radius 3 is 2.71 bits per heavy atom. The lowest BCUT2D eigenvalue weighted by Gasteiger charge is -2.29. The molecule has 92 valence electrons. The van der Waals surface area contributed by atoms with Crippen molar-refractivity contribution in [3.63, 3.8) is 0 Å². The third-order valence-corrected chi connectivity index (χ3v) is 3.55. The van der Waals surface area contributed by atoms with Crippen LogP contribution in [0.1, 0.15) is 42.7 Å². The van der Waals surface area contributed by atoms with Crippen molar-refractivity contribution < 1.29 is 9.90 Å². The van der Waals surface area contributed by atoms with Crippen LogP contribution in [0.25, 0.3) is 0 Å². The monoisotopic (exact) mass is 233 g/mol. The number of primary amides is 1. The maximum absolute atomic E-state index is 11.0. The van der Waals surface area contributed by atoms with Crippen LogP contribution in [0.4, 0.5) is 0 Å². The molecule has 0 heterocycles. The van der Waals surface area contributed by atoms with E-state index >= 15 is 0 Å². The van der Waals surface area contributed by atoms with E-state index in [1.807, 2.05) is 24.3 Å². The van der Waals surface area contributed by atoms with E-state index in [1.54, 1.807) is 0 Å². The van der Waals surface area contributed by atoms with Crippen LogP contribution in [-0.4, -0.2) is 17.1 Å². The van der Waals surface area contributed by atoms with Crippen molar-refractivity contribution in [2.75, 3.05) is 0 Å². The van der Waals surface area contributed by atoms with Gasteiger partial charge in [0.1, 0.15) is 0 Å². The molecule has 2 atom stereocenters. The van der Waals surface area contributed by atoms with E-state index in [0.29, 0.717) is 0 Å². The largest absolute Gasteiger partial charge is 0.392 e. The fraction of sp³-hybridized carbons (Fsp3) is 0.500. The molecule has 2 rings (SSSR count). The third-order valence-electron chi connectivity index (χ3n) is 3.55. The van der Waals surface area contributed by atoms with Crippen molar-refractivity contribution in [3.8, 4) is 0 Å². The quantitative estimate of drug-likeness (QED) is 0.835. The maximum Gasteiger partial charge on any atom is 0.221 e. The van der Waals surface area contributed by atoms with Crippen LogP contribution < -0.4 is 5.73 Å². The average molecular weight is 233 g/mol. The molecular weight excluding hydrogens is 214 g/mol. The molecule has 0 spiro atoms. The molecular formula is C14H19NO2. The van der Waals surface area contributed by atoms with Gasteiger partial charge < -0.3 is 10.8 Å². The molecule has 17 heavy (non-hydrogen) atoms. The second-order valence-corrected chi connectivity index (χ2v) is 4.80. The number of aliphatic hydroxyl groups excluding tert-OH is 1. The van der Waals surface area contributed by atoms with E-state index < -0.39 is 0 Å². The first-order valence-electron chi connectivity index (χ1n) is 6.22. The molecule has 1 aromatic carbocycles. The van der Waals surface area contributed by atoms with Gasteiger partial charge in [-0.05, 0) is 24.0 Å². The van der Waals surface area contributed by atoms with Gasteiger partial charge in [-0.1, -0.05) is 37.1 Å². The fourth-order valence-electron chi connectivity index (χ4n) is 2.72. The molecule has 1 amide bonds. The molecule has 0 saturated heterocycles. The van der Waals surface area contributed by atoms with Gasteiger partial charge in [0.05, 0.1) is 12.5 Å². The minimum Gasteiger partial charge on any atom is -0.392 e. The van der Waals surface area contributed by atoms with Crippen LogP contribution in [0.2, 0.25) is 0 Å². The van der Waals surface area contributed by atoms with Crippen molar-refractivity contribution >= 4 is 5.91 Å². The highest BCUT2D eigenvalue weighted by Gasteiger charge is 2.26. The zero-order valence-corrected chi connectivity index (χ0v) is 9.93. The Hall–Kier alpha value is -1.35. The number of aliphatic hydroxyl groups is 1. The van der Waals surface area contributed by atoms with Crippen molar-refractivity contribution in [2.45, 2.75) is 44.1 Å². The van der Waals surface area contributed by atoms with Gasteiger partial charge >= 0.3 is 0 Å². The molecule has 3 nitrogen and oxygen atoms in total.